The van der Waals surface area contributed by atoms with E-state index in [9.17, 15) is 14.9 Å². The van der Waals surface area contributed by atoms with Crippen LogP contribution >= 0.6 is 0 Å². The predicted molar refractivity (Wildman–Crippen MR) is 124 cm³/mol. The minimum atomic E-state index is -0.303. The molecular weight excluding hydrogens is 402 g/mol. The monoisotopic (exact) mass is 427 g/mol. The Kier molecular flexibility index (Phi) is 4.25. The van der Waals surface area contributed by atoms with Gasteiger partial charge >= 0.3 is 0 Å². The highest BCUT2D eigenvalue weighted by molar-refractivity contribution is 5.90. The number of carbonyl (C=O) groups is 1. The molecule has 4 aliphatic rings. The van der Waals surface area contributed by atoms with Crippen molar-refractivity contribution in [3.8, 4) is 0 Å². The van der Waals surface area contributed by atoms with Crippen molar-refractivity contribution in [3.63, 3.8) is 0 Å². The molecule has 6 rings (SSSR count). The average molecular weight is 428 g/mol. The van der Waals surface area contributed by atoms with Crippen molar-refractivity contribution < 1.29 is 9.72 Å². The van der Waals surface area contributed by atoms with E-state index in [1.54, 1.807) is 19.1 Å². The SMILES string of the molecule is CC(=O)Nc1cc2c3c(c1)[C@H]1C=CC[C@@H]1[C@H](c1cccc([N+](=O)[O-])c1)N3C[C@H]1CC=C[C@H]21. The van der Waals surface area contributed by atoms with E-state index in [4.69, 9.17) is 0 Å². The largest absolute Gasteiger partial charge is 0.363 e. The summed E-state index contributed by atoms with van der Waals surface area (Å²) >= 11 is 0. The number of hydrogen-bond donors (Lipinski definition) is 1. The highest BCUT2D eigenvalue weighted by Gasteiger charge is 2.48. The van der Waals surface area contributed by atoms with Crippen LogP contribution in [0.3, 0.4) is 0 Å². The van der Waals surface area contributed by atoms with Crippen molar-refractivity contribution in [1.29, 1.82) is 0 Å². The Morgan fingerprint density at radius 3 is 2.62 bits per heavy atom. The smallest absolute Gasteiger partial charge is 0.269 e. The highest BCUT2D eigenvalue weighted by Crippen LogP contribution is 2.59. The lowest BCUT2D eigenvalue weighted by Gasteiger charge is -2.51. The fourth-order valence-electron chi connectivity index (χ4n) is 6.45. The van der Waals surface area contributed by atoms with Crippen molar-refractivity contribution in [1.82, 2.24) is 0 Å². The van der Waals surface area contributed by atoms with Gasteiger partial charge < -0.3 is 10.2 Å². The standard InChI is InChI=1S/C26H25N3O3/c1-15(30)27-18-12-23-20-8-3-6-17(20)14-28-25(16-5-2-7-19(11-16)29(31)32)22-10-4-9-21(22)24(13-18)26(23)28/h2-5,7-9,11-13,17,20-22,25H,6,10,14H2,1H3,(H,27,30)/t17-,20+,21+,22+,25+/m1/s1. The second-order valence-corrected chi connectivity index (χ2v) is 9.44. The van der Waals surface area contributed by atoms with Crippen LogP contribution in [-0.4, -0.2) is 17.4 Å². The lowest BCUT2D eigenvalue weighted by atomic mass is 9.70. The Labute approximate surface area is 186 Å². The third kappa shape index (κ3) is 2.82. The minimum Gasteiger partial charge on any atom is -0.363 e. The molecule has 1 N–H and O–H groups in total. The quantitative estimate of drug-likeness (QED) is 0.402. The van der Waals surface area contributed by atoms with Gasteiger partial charge in [0.25, 0.3) is 5.69 Å². The molecule has 0 saturated heterocycles. The number of anilines is 2. The third-order valence-electron chi connectivity index (χ3n) is 7.59. The van der Waals surface area contributed by atoms with Crippen molar-refractivity contribution in [2.24, 2.45) is 11.8 Å². The van der Waals surface area contributed by atoms with Crippen molar-refractivity contribution in [2.45, 2.75) is 37.6 Å². The van der Waals surface area contributed by atoms with Gasteiger partial charge in [0.15, 0.2) is 0 Å². The van der Waals surface area contributed by atoms with E-state index in [1.165, 1.54) is 16.8 Å². The van der Waals surface area contributed by atoms with Crippen LogP contribution in [0.25, 0.3) is 0 Å². The van der Waals surface area contributed by atoms with Gasteiger partial charge in [-0.05, 0) is 53.5 Å². The van der Waals surface area contributed by atoms with Gasteiger partial charge in [-0.25, -0.2) is 0 Å². The molecule has 0 saturated carbocycles. The first-order chi connectivity index (χ1) is 15.5. The number of allylic oxidation sites excluding steroid dienone is 4. The van der Waals surface area contributed by atoms with Gasteiger partial charge in [0.1, 0.15) is 0 Å². The third-order valence-corrected chi connectivity index (χ3v) is 7.59. The molecule has 0 bridgehead atoms. The summed E-state index contributed by atoms with van der Waals surface area (Å²) in [4.78, 5) is 25.5. The number of nitrogens with one attached hydrogen (secondary N) is 1. The molecule has 2 aromatic rings. The summed E-state index contributed by atoms with van der Waals surface area (Å²) in [5.74, 6) is 1.32. The first kappa shape index (κ1) is 19.3. The van der Waals surface area contributed by atoms with Crippen LogP contribution in [0.2, 0.25) is 0 Å². The molecule has 0 aromatic heterocycles. The fourth-order valence-corrected chi connectivity index (χ4v) is 6.45. The minimum absolute atomic E-state index is 0.0628. The van der Waals surface area contributed by atoms with Gasteiger partial charge in [0.05, 0.1) is 11.0 Å². The molecule has 162 valence electrons. The molecule has 6 nitrogen and oxygen atoms in total. The number of hydrogen-bond acceptors (Lipinski definition) is 4. The Hall–Kier alpha value is -3.41. The fraction of sp³-hybridized carbons (Fsp3) is 0.346. The first-order valence-electron chi connectivity index (χ1n) is 11.3. The maximum Gasteiger partial charge on any atom is 0.269 e. The number of nitrogens with zero attached hydrogens (tertiary/aromatic N) is 2. The lowest BCUT2D eigenvalue weighted by molar-refractivity contribution is -0.384. The number of nitro benzene ring substituents is 1. The van der Waals surface area contributed by atoms with Crippen molar-refractivity contribution in [3.05, 3.63) is 87.5 Å². The van der Waals surface area contributed by atoms with Crippen LogP contribution in [0.1, 0.15) is 54.3 Å². The number of nitro groups is 1. The van der Waals surface area contributed by atoms with Crippen LogP contribution < -0.4 is 10.2 Å². The molecule has 32 heavy (non-hydrogen) atoms. The van der Waals surface area contributed by atoms with E-state index in [-0.39, 0.29) is 28.5 Å². The second-order valence-electron chi connectivity index (χ2n) is 9.44. The lowest BCUT2D eigenvalue weighted by Crippen LogP contribution is -2.46. The second kappa shape index (κ2) is 7.05. The van der Waals surface area contributed by atoms with Crippen LogP contribution in [0.4, 0.5) is 17.1 Å². The van der Waals surface area contributed by atoms with Crippen LogP contribution in [0.5, 0.6) is 0 Å². The van der Waals surface area contributed by atoms with E-state index in [0.717, 1.165) is 30.6 Å². The molecule has 2 aliphatic heterocycles. The summed E-state index contributed by atoms with van der Waals surface area (Å²) in [5, 5.41) is 14.5. The van der Waals surface area contributed by atoms with Gasteiger partial charge in [-0.15, -0.1) is 0 Å². The number of non-ortho nitro benzene ring substituents is 1. The number of carbonyl (C=O) groups excluding carboxylic acids is 1. The van der Waals surface area contributed by atoms with Gasteiger partial charge in [-0.2, -0.15) is 0 Å². The average Bonchev–Trinajstić information content (AvgIpc) is 3.43. The topological polar surface area (TPSA) is 75.5 Å². The molecule has 2 heterocycles. The molecule has 0 unspecified atom stereocenters. The Bertz CT molecular complexity index is 1180. The summed E-state index contributed by atoms with van der Waals surface area (Å²) < 4.78 is 0. The zero-order valence-electron chi connectivity index (χ0n) is 17.9. The molecule has 0 fully saturated rings. The summed E-state index contributed by atoms with van der Waals surface area (Å²) in [6, 6.07) is 11.6. The van der Waals surface area contributed by atoms with Crippen molar-refractivity contribution >= 4 is 23.0 Å². The van der Waals surface area contributed by atoms with Crippen LogP contribution in [0, 0.1) is 22.0 Å². The number of fused-ring (bicyclic) bond motifs is 4. The maximum atomic E-state index is 11.8. The van der Waals surface area contributed by atoms with Crippen molar-refractivity contribution in [2.75, 3.05) is 16.8 Å². The number of rotatable bonds is 3. The molecule has 2 aromatic carbocycles. The highest BCUT2D eigenvalue weighted by atomic mass is 16.6. The van der Waals surface area contributed by atoms with Crippen LogP contribution in [0.15, 0.2) is 60.7 Å². The zero-order chi connectivity index (χ0) is 22.0. The van der Waals surface area contributed by atoms with Gasteiger partial charge in [-0.3, -0.25) is 14.9 Å². The van der Waals surface area contributed by atoms with E-state index >= 15 is 0 Å². The van der Waals surface area contributed by atoms with Gasteiger partial charge in [0, 0.05) is 48.8 Å². The molecular formula is C26H25N3O3. The summed E-state index contributed by atoms with van der Waals surface area (Å²) in [6.45, 7) is 2.49. The van der Waals surface area contributed by atoms with Gasteiger partial charge in [0.2, 0.25) is 5.91 Å². The maximum absolute atomic E-state index is 11.8. The van der Waals surface area contributed by atoms with E-state index < -0.39 is 0 Å². The molecule has 6 heteroatoms. The molecule has 2 aliphatic carbocycles. The molecule has 0 radical (unpaired) electrons. The zero-order valence-corrected chi connectivity index (χ0v) is 17.9. The first-order valence-corrected chi connectivity index (χ1v) is 11.3. The summed E-state index contributed by atoms with van der Waals surface area (Å²) in [6.07, 6.45) is 11.1. The predicted octanol–water partition coefficient (Wildman–Crippen LogP) is 5.45. The van der Waals surface area contributed by atoms with E-state index in [2.05, 4.69) is 46.7 Å². The van der Waals surface area contributed by atoms with E-state index in [0.29, 0.717) is 17.8 Å². The molecule has 1 amide bonds. The van der Waals surface area contributed by atoms with Crippen LogP contribution in [-0.2, 0) is 4.79 Å². The Morgan fingerprint density at radius 2 is 1.84 bits per heavy atom. The van der Waals surface area contributed by atoms with Gasteiger partial charge in [-0.1, -0.05) is 36.4 Å². The van der Waals surface area contributed by atoms with E-state index in [1.807, 2.05) is 12.1 Å². The Balaban J connectivity index is 1.56. The summed E-state index contributed by atoms with van der Waals surface area (Å²) in [5.41, 5.74) is 5.83. The summed E-state index contributed by atoms with van der Waals surface area (Å²) in [7, 11) is 0. The normalized spacial score (nSPS) is 28.8. The Morgan fingerprint density at radius 1 is 1.09 bits per heavy atom. The number of benzene rings is 2. The number of amides is 1. The molecule has 0 spiro atoms. The molecule has 5 atom stereocenters.